The summed E-state index contributed by atoms with van der Waals surface area (Å²) in [5.41, 5.74) is 8.32. The summed E-state index contributed by atoms with van der Waals surface area (Å²) in [7, 11) is 0. The number of aryl methyl sites for hydroxylation is 1. The second-order valence-corrected chi connectivity index (χ2v) is 6.86. The summed E-state index contributed by atoms with van der Waals surface area (Å²) in [4.78, 5) is 2.43. The second kappa shape index (κ2) is 5.72. The Kier molecular flexibility index (Phi) is 3.69. The molecule has 0 unspecified atom stereocenters. The van der Waals surface area contributed by atoms with Crippen molar-refractivity contribution >= 4 is 0 Å². The maximum Gasteiger partial charge on any atom is 0.147 e. The first-order chi connectivity index (χ1) is 11.1. The average molecular weight is 315 g/mol. The summed E-state index contributed by atoms with van der Waals surface area (Å²) in [6, 6.07) is 2.52. The van der Waals surface area contributed by atoms with Crippen LogP contribution < -0.4 is 5.73 Å². The number of nitrogens with zero attached hydrogens (tertiary/aromatic N) is 6. The largest absolute Gasteiger partial charge is 0.328 e. The first-order valence-electron chi connectivity index (χ1n) is 8.57. The molecule has 7 nitrogen and oxygen atoms in total. The van der Waals surface area contributed by atoms with Crippen LogP contribution in [-0.4, -0.2) is 42.0 Å². The van der Waals surface area contributed by atoms with Crippen LogP contribution in [0, 0.1) is 6.92 Å². The predicted molar refractivity (Wildman–Crippen MR) is 86.7 cm³/mol. The quantitative estimate of drug-likeness (QED) is 0.911. The van der Waals surface area contributed by atoms with Gasteiger partial charge in [0.2, 0.25) is 0 Å². The zero-order chi connectivity index (χ0) is 16.0. The first-order valence-corrected chi connectivity index (χ1v) is 8.57. The highest BCUT2D eigenvalue weighted by atomic mass is 15.4. The molecule has 2 aromatic heterocycles. The fraction of sp³-hybridized carbons (Fsp3) is 0.688. The van der Waals surface area contributed by atoms with Crippen LogP contribution >= 0.6 is 0 Å². The Hall–Kier alpha value is -1.73. The summed E-state index contributed by atoms with van der Waals surface area (Å²) in [6.07, 6.45) is 2.08. The number of hydrogen-bond acceptors (Lipinski definition) is 5. The Bertz CT molecular complexity index is 695. The van der Waals surface area contributed by atoms with Crippen LogP contribution in [0.15, 0.2) is 6.07 Å². The van der Waals surface area contributed by atoms with Gasteiger partial charge in [-0.2, -0.15) is 5.10 Å². The molecule has 2 aliphatic rings. The average Bonchev–Trinajstić information content (AvgIpc) is 3.05. The van der Waals surface area contributed by atoms with E-state index in [4.69, 9.17) is 5.73 Å². The lowest BCUT2D eigenvalue weighted by atomic mass is 9.80. The zero-order valence-corrected chi connectivity index (χ0v) is 13.9. The summed E-state index contributed by atoms with van der Waals surface area (Å²) >= 11 is 0. The van der Waals surface area contributed by atoms with E-state index in [1.807, 2.05) is 0 Å². The summed E-state index contributed by atoms with van der Waals surface area (Å²) in [5.74, 6) is 2.70. The minimum atomic E-state index is 0.344. The molecule has 0 radical (unpaired) electrons. The van der Waals surface area contributed by atoms with Crippen molar-refractivity contribution in [2.75, 3.05) is 6.54 Å². The molecule has 2 aromatic rings. The molecule has 0 saturated heterocycles. The van der Waals surface area contributed by atoms with Gasteiger partial charge >= 0.3 is 0 Å². The highest BCUT2D eigenvalue weighted by Crippen LogP contribution is 2.35. The smallest absolute Gasteiger partial charge is 0.147 e. The van der Waals surface area contributed by atoms with Crippen LogP contribution in [0.25, 0.3) is 0 Å². The van der Waals surface area contributed by atoms with Crippen molar-refractivity contribution in [2.24, 2.45) is 5.73 Å². The standard InChI is InChI=1S/C16H25N7/c1-3-22-15(18-19-16(22)12-7-13(17)8-12)10-21-4-5-23-14(9-21)6-11(2)20-23/h6,12-13H,3-5,7-10,17H2,1-2H3. The molecule has 2 N–H and O–H groups in total. The van der Waals surface area contributed by atoms with E-state index in [1.54, 1.807) is 0 Å². The molecule has 0 spiro atoms. The molecule has 0 atom stereocenters. The molecule has 0 amide bonds. The Morgan fingerprint density at radius 2 is 2.09 bits per heavy atom. The fourth-order valence-corrected chi connectivity index (χ4v) is 3.78. The van der Waals surface area contributed by atoms with Crippen molar-refractivity contribution in [3.05, 3.63) is 29.1 Å². The lowest BCUT2D eigenvalue weighted by molar-refractivity contribution is 0.197. The third-order valence-electron chi connectivity index (χ3n) is 5.08. The van der Waals surface area contributed by atoms with Crippen molar-refractivity contribution in [3.63, 3.8) is 0 Å². The fourth-order valence-electron chi connectivity index (χ4n) is 3.78. The summed E-state index contributed by atoms with van der Waals surface area (Å²) < 4.78 is 4.41. The van der Waals surface area contributed by atoms with Crippen LogP contribution in [0.2, 0.25) is 0 Å². The van der Waals surface area contributed by atoms with E-state index in [0.717, 1.165) is 62.9 Å². The monoisotopic (exact) mass is 315 g/mol. The molecule has 1 fully saturated rings. The van der Waals surface area contributed by atoms with Gasteiger partial charge in [-0.25, -0.2) is 0 Å². The predicted octanol–water partition coefficient (Wildman–Crippen LogP) is 1.02. The van der Waals surface area contributed by atoms with Crippen LogP contribution in [0.1, 0.15) is 48.7 Å². The number of rotatable bonds is 4. The maximum absolute atomic E-state index is 5.93. The van der Waals surface area contributed by atoms with Crippen LogP contribution in [0.5, 0.6) is 0 Å². The van der Waals surface area contributed by atoms with Gasteiger partial charge in [0.05, 0.1) is 24.5 Å². The third kappa shape index (κ3) is 2.68. The van der Waals surface area contributed by atoms with E-state index in [-0.39, 0.29) is 0 Å². The number of nitrogens with two attached hydrogens (primary N) is 1. The summed E-state index contributed by atoms with van der Waals surface area (Å²) in [5, 5.41) is 13.5. The highest BCUT2D eigenvalue weighted by molar-refractivity contribution is 5.12. The molecule has 0 bridgehead atoms. The van der Waals surface area contributed by atoms with E-state index < -0.39 is 0 Å². The van der Waals surface area contributed by atoms with Crippen LogP contribution in [-0.2, 0) is 26.2 Å². The van der Waals surface area contributed by atoms with E-state index in [9.17, 15) is 0 Å². The molecule has 7 heteroatoms. The Morgan fingerprint density at radius 3 is 2.83 bits per heavy atom. The molecule has 1 saturated carbocycles. The third-order valence-corrected chi connectivity index (χ3v) is 5.08. The van der Waals surface area contributed by atoms with Gasteiger partial charge in [-0.3, -0.25) is 9.58 Å². The van der Waals surface area contributed by atoms with Gasteiger partial charge in [0.1, 0.15) is 11.6 Å². The topological polar surface area (TPSA) is 77.8 Å². The Morgan fingerprint density at radius 1 is 1.26 bits per heavy atom. The van der Waals surface area contributed by atoms with Gasteiger partial charge in [0.25, 0.3) is 0 Å². The highest BCUT2D eigenvalue weighted by Gasteiger charge is 2.32. The SMILES string of the molecule is CCn1c(CN2CCn3nc(C)cc3C2)nnc1C1CC(N)C1. The molecule has 0 aromatic carbocycles. The summed E-state index contributed by atoms with van der Waals surface area (Å²) in [6.45, 7) is 8.89. The van der Waals surface area contributed by atoms with Gasteiger partial charge in [-0.05, 0) is 32.8 Å². The van der Waals surface area contributed by atoms with Crippen molar-refractivity contribution < 1.29 is 0 Å². The van der Waals surface area contributed by atoms with Crippen molar-refractivity contribution in [3.8, 4) is 0 Å². The molecule has 23 heavy (non-hydrogen) atoms. The van der Waals surface area contributed by atoms with E-state index in [2.05, 4.69) is 49.4 Å². The first kappa shape index (κ1) is 14.8. The van der Waals surface area contributed by atoms with Crippen LogP contribution in [0.4, 0.5) is 0 Å². The minimum Gasteiger partial charge on any atom is -0.328 e. The van der Waals surface area contributed by atoms with E-state index in [0.29, 0.717) is 12.0 Å². The van der Waals surface area contributed by atoms with Gasteiger partial charge in [-0.1, -0.05) is 0 Å². The Balaban J connectivity index is 1.49. The number of fused-ring (bicyclic) bond motifs is 1. The van der Waals surface area contributed by atoms with Crippen molar-refractivity contribution in [2.45, 2.75) is 64.8 Å². The molecule has 3 heterocycles. The van der Waals surface area contributed by atoms with Crippen molar-refractivity contribution in [1.29, 1.82) is 0 Å². The molecule has 4 rings (SSSR count). The molecule has 124 valence electrons. The van der Waals surface area contributed by atoms with Crippen LogP contribution in [0.3, 0.4) is 0 Å². The van der Waals surface area contributed by atoms with Gasteiger partial charge < -0.3 is 10.3 Å². The Labute approximate surface area is 136 Å². The molecular weight excluding hydrogens is 290 g/mol. The zero-order valence-electron chi connectivity index (χ0n) is 13.9. The van der Waals surface area contributed by atoms with Gasteiger partial charge in [0.15, 0.2) is 0 Å². The molecule has 1 aliphatic heterocycles. The van der Waals surface area contributed by atoms with E-state index >= 15 is 0 Å². The normalized spacial score (nSPS) is 24.5. The second-order valence-electron chi connectivity index (χ2n) is 6.86. The number of hydrogen-bond donors (Lipinski definition) is 1. The maximum atomic E-state index is 5.93. The molecule has 1 aliphatic carbocycles. The number of aromatic nitrogens is 5. The molecular formula is C16H25N7. The lowest BCUT2D eigenvalue weighted by Crippen LogP contribution is -2.36. The van der Waals surface area contributed by atoms with Gasteiger partial charge in [0, 0.05) is 31.6 Å². The minimum absolute atomic E-state index is 0.344. The van der Waals surface area contributed by atoms with Gasteiger partial charge in [-0.15, -0.1) is 10.2 Å². The van der Waals surface area contributed by atoms with Crippen molar-refractivity contribution in [1.82, 2.24) is 29.4 Å². The van der Waals surface area contributed by atoms with E-state index in [1.165, 1.54) is 5.69 Å². The lowest BCUT2D eigenvalue weighted by Gasteiger charge is -2.32.